The highest BCUT2D eigenvalue weighted by molar-refractivity contribution is 6.31. The number of carbonyl (C=O) groups is 1. The van der Waals surface area contributed by atoms with Crippen LogP contribution in [-0.4, -0.2) is 5.78 Å². The summed E-state index contributed by atoms with van der Waals surface area (Å²) >= 11 is 5.62. The highest BCUT2D eigenvalue weighted by Gasteiger charge is 2.23. The molecule has 1 aliphatic carbocycles. The van der Waals surface area contributed by atoms with Crippen molar-refractivity contribution in [1.82, 2.24) is 0 Å². The monoisotopic (exact) mass is 226 g/mol. The van der Waals surface area contributed by atoms with Crippen molar-refractivity contribution in [3.63, 3.8) is 0 Å². The lowest BCUT2D eigenvalue weighted by Crippen LogP contribution is -2.16. The molecule has 1 saturated carbocycles. The molecule has 1 aromatic carbocycles. The van der Waals surface area contributed by atoms with Gasteiger partial charge in [-0.25, -0.2) is 4.39 Å². The third kappa shape index (κ3) is 2.20. The van der Waals surface area contributed by atoms with E-state index in [1.165, 1.54) is 18.6 Å². The van der Waals surface area contributed by atoms with E-state index >= 15 is 0 Å². The maximum Gasteiger partial charge on any atom is 0.166 e. The zero-order valence-electron chi connectivity index (χ0n) is 8.30. The topological polar surface area (TPSA) is 17.1 Å². The number of hydrogen-bond acceptors (Lipinski definition) is 1. The second-order valence-electron chi connectivity index (χ2n) is 4.03. The van der Waals surface area contributed by atoms with E-state index < -0.39 is 5.82 Å². The maximum absolute atomic E-state index is 13.5. The van der Waals surface area contributed by atoms with Crippen molar-refractivity contribution in [3.8, 4) is 0 Å². The molecule has 0 amide bonds. The summed E-state index contributed by atoms with van der Waals surface area (Å²) < 4.78 is 13.5. The van der Waals surface area contributed by atoms with E-state index in [2.05, 4.69) is 0 Å². The van der Waals surface area contributed by atoms with Gasteiger partial charge in [-0.2, -0.15) is 0 Å². The van der Waals surface area contributed by atoms with Gasteiger partial charge in [0.05, 0.1) is 10.6 Å². The van der Waals surface area contributed by atoms with Gasteiger partial charge < -0.3 is 0 Å². The summed E-state index contributed by atoms with van der Waals surface area (Å²) in [4.78, 5) is 11.7. The standard InChI is InChI=1S/C12H12ClFO/c13-10-6-2-5-9(12(10)14)11(15)7-8-3-1-4-8/h2,5-6,8H,1,3-4,7H2. The van der Waals surface area contributed by atoms with Gasteiger partial charge in [0, 0.05) is 6.42 Å². The van der Waals surface area contributed by atoms with E-state index in [1.54, 1.807) is 6.07 Å². The van der Waals surface area contributed by atoms with Crippen LogP contribution in [-0.2, 0) is 0 Å². The van der Waals surface area contributed by atoms with Crippen LogP contribution in [0.25, 0.3) is 0 Å². The third-order valence-corrected chi connectivity index (χ3v) is 3.24. The van der Waals surface area contributed by atoms with Crippen molar-refractivity contribution in [2.24, 2.45) is 5.92 Å². The minimum absolute atomic E-state index is 0.0226. The van der Waals surface area contributed by atoms with Gasteiger partial charge in [-0.3, -0.25) is 4.79 Å². The summed E-state index contributed by atoms with van der Waals surface area (Å²) in [5.41, 5.74) is 0.134. The van der Waals surface area contributed by atoms with Crippen LogP contribution in [0.4, 0.5) is 4.39 Å². The number of rotatable bonds is 3. The van der Waals surface area contributed by atoms with Gasteiger partial charge in [0.2, 0.25) is 0 Å². The number of halogens is 2. The van der Waals surface area contributed by atoms with Crippen molar-refractivity contribution < 1.29 is 9.18 Å². The van der Waals surface area contributed by atoms with Crippen LogP contribution in [0.5, 0.6) is 0 Å². The molecule has 0 unspecified atom stereocenters. The Bertz CT molecular complexity index is 385. The Labute approximate surface area is 93.2 Å². The lowest BCUT2D eigenvalue weighted by Gasteiger charge is -2.24. The Hall–Kier alpha value is -0.890. The van der Waals surface area contributed by atoms with Gasteiger partial charge in [-0.15, -0.1) is 0 Å². The molecule has 0 aliphatic heterocycles. The Morgan fingerprint density at radius 3 is 2.80 bits per heavy atom. The van der Waals surface area contributed by atoms with Crippen molar-refractivity contribution >= 4 is 17.4 Å². The van der Waals surface area contributed by atoms with E-state index in [0.29, 0.717) is 12.3 Å². The molecule has 0 saturated heterocycles. The predicted octanol–water partition coefficient (Wildman–Crippen LogP) is 3.85. The minimum atomic E-state index is -0.580. The lowest BCUT2D eigenvalue weighted by atomic mass is 9.81. The van der Waals surface area contributed by atoms with Crippen LogP contribution in [0.2, 0.25) is 5.02 Å². The van der Waals surface area contributed by atoms with Crippen molar-refractivity contribution in [1.29, 1.82) is 0 Å². The minimum Gasteiger partial charge on any atom is -0.294 e. The molecule has 0 spiro atoms. The molecular weight excluding hydrogens is 215 g/mol. The molecule has 1 aliphatic rings. The second kappa shape index (κ2) is 4.31. The first kappa shape index (κ1) is 10.6. The fourth-order valence-corrected chi connectivity index (χ4v) is 1.96. The molecule has 0 heterocycles. The fraction of sp³-hybridized carbons (Fsp3) is 0.417. The molecule has 0 atom stereocenters. The molecule has 3 heteroatoms. The zero-order valence-corrected chi connectivity index (χ0v) is 9.06. The Morgan fingerprint density at radius 1 is 1.47 bits per heavy atom. The van der Waals surface area contributed by atoms with Gasteiger partial charge in [0.1, 0.15) is 0 Å². The van der Waals surface area contributed by atoms with Gasteiger partial charge in [-0.1, -0.05) is 36.9 Å². The quantitative estimate of drug-likeness (QED) is 0.716. The Morgan fingerprint density at radius 2 is 2.20 bits per heavy atom. The van der Waals surface area contributed by atoms with E-state index in [9.17, 15) is 9.18 Å². The van der Waals surface area contributed by atoms with Gasteiger partial charge >= 0.3 is 0 Å². The molecule has 1 fully saturated rings. The SMILES string of the molecule is O=C(CC1CCC1)c1cccc(Cl)c1F. The van der Waals surface area contributed by atoms with Crippen LogP contribution in [0.1, 0.15) is 36.0 Å². The van der Waals surface area contributed by atoms with Crippen LogP contribution in [0.15, 0.2) is 18.2 Å². The van der Waals surface area contributed by atoms with Crippen molar-refractivity contribution in [2.45, 2.75) is 25.7 Å². The van der Waals surface area contributed by atoms with Crippen LogP contribution in [0.3, 0.4) is 0 Å². The molecule has 15 heavy (non-hydrogen) atoms. The van der Waals surface area contributed by atoms with Crippen LogP contribution >= 0.6 is 11.6 Å². The predicted molar refractivity (Wildman–Crippen MR) is 57.7 cm³/mol. The molecular formula is C12H12ClFO. The molecule has 80 valence electrons. The van der Waals surface area contributed by atoms with Crippen LogP contribution in [0, 0.1) is 11.7 Å². The molecule has 1 aromatic rings. The average Bonchev–Trinajstić information content (AvgIpc) is 2.15. The normalized spacial score (nSPS) is 16.1. The molecule has 0 aromatic heterocycles. The summed E-state index contributed by atoms with van der Waals surface area (Å²) in [6.07, 6.45) is 3.83. The molecule has 0 bridgehead atoms. The smallest absolute Gasteiger partial charge is 0.166 e. The summed E-state index contributed by atoms with van der Waals surface area (Å²) in [5.74, 6) is -0.251. The van der Waals surface area contributed by atoms with Gasteiger partial charge in [0.25, 0.3) is 0 Å². The van der Waals surface area contributed by atoms with Crippen LogP contribution < -0.4 is 0 Å². The first-order chi connectivity index (χ1) is 7.18. The maximum atomic E-state index is 13.5. The molecule has 0 radical (unpaired) electrons. The van der Waals surface area contributed by atoms with Gasteiger partial charge in [0.15, 0.2) is 11.6 Å². The van der Waals surface area contributed by atoms with E-state index in [1.807, 2.05) is 0 Å². The molecule has 2 rings (SSSR count). The Balaban J connectivity index is 2.13. The zero-order chi connectivity index (χ0) is 10.8. The third-order valence-electron chi connectivity index (χ3n) is 2.95. The highest BCUT2D eigenvalue weighted by atomic mass is 35.5. The van der Waals surface area contributed by atoms with E-state index in [0.717, 1.165) is 12.8 Å². The number of benzene rings is 1. The first-order valence-corrected chi connectivity index (χ1v) is 5.53. The largest absolute Gasteiger partial charge is 0.294 e. The molecule has 1 nitrogen and oxygen atoms in total. The van der Waals surface area contributed by atoms with Crippen molar-refractivity contribution in [2.75, 3.05) is 0 Å². The van der Waals surface area contributed by atoms with E-state index in [-0.39, 0.29) is 16.4 Å². The Kier molecular flexibility index (Phi) is 3.06. The first-order valence-electron chi connectivity index (χ1n) is 5.15. The second-order valence-corrected chi connectivity index (χ2v) is 4.43. The summed E-state index contributed by atoms with van der Waals surface area (Å²) in [6.45, 7) is 0. The molecule has 0 N–H and O–H groups in total. The summed E-state index contributed by atoms with van der Waals surface area (Å²) in [7, 11) is 0. The average molecular weight is 227 g/mol. The van der Waals surface area contributed by atoms with Crippen molar-refractivity contribution in [3.05, 3.63) is 34.6 Å². The number of ketones is 1. The number of carbonyl (C=O) groups excluding carboxylic acids is 1. The highest BCUT2D eigenvalue weighted by Crippen LogP contribution is 2.31. The van der Waals surface area contributed by atoms with E-state index in [4.69, 9.17) is 11.6 Å². The summed E-state index contributed by atoms with van der Waals surface area (Å²) in [6, 6.07) is 4.57. The number of hydrogen-bond donors (Lipinski definition) is 0. The lowest BCUT2D eigenvalue weighted by molar-refractivity contribution is 0.0932. The van der Waals surface area contributed by atoms with Gasteiger partial charge in [-0.05, 0) is 18.1 Å². The number of Topliss-reactive ketones (excluding diaryl/α,β-unsaturated/α-hetero) is 1. The fourth-order valence-electron chi connectivity index (χ4n) is 1.79. The summed E-state index contributed by atoms with van der Waals surface area (Å²) in [5, 5.41) is 0.0226.